The fraction of sp³-hybridized carbons (Fsp3) is 0.333. The number of nitrogens with zero attached hydrogens (tertiary/aromatic N) is 3. The van der Waals surface area contributed by atoms with Gasteiger partial charge in [-0.2, -0.15) is 4.37 Å². The van der Waals surface area contributed by atoms with Gasteiger partial charge in [0.2, 0.25) is 0 Å². The van der Waals surface area contributed by atoms with Crippen LogP contribution < -0.4 is 5.56 Å². The summed E-state index contributed by atoms with van der Waals surface area (Å²) in [6, 6.07) is 0. The lowest BCUT2D eigenvalue weighted by molar-refractivity contribution is 0.392. The third-order valence-corrected chi connectivity index (χ3v) is 3.24. The molecule has 0 radical (unpaired) electrons. The summed E-state index contributed by atoms with van der Waals surface area (Å²) in [6.07, 6.45) is 1.50. The van der Waals surface area contributed by atoms with Crippen LogP contribution in [0.3, 0.4) is 0 Å². The number of hydrogen-bond donors (Lipinski definition) is 1. The third kappa shape index (κ3) is 2.06. The predicted molar refractivity (Wildman–Crippen MR) is 72.2 cm³/mol. The van der Waals surface area contributed by atoms with Crippen molar-refractivity contribution in [3.8, 4) is 11.5 Å². The van der Waals surface area contributed by atoms with Crippen LogP contribution in [0.25, 0.3) is 22.6 Å². The van der Waals surface area contributed by atoms with Gasteiger partial charge in [-0.15, -0.1) is 0 Å². The summed E-state index contributed by atoms with van der Waals surface area (Å²) in [7, 11) is 0. The Labute approximate surface area is 112 Å². The zero-order valence-corrected chi connectivity index (χ0v) is 11.5. The number of aromatic amines is 1. The maximum absolute atomic E-state index is 11.8. The summed E-state index contributed by atoms with van der Waals surface area (Å²) in [5.74, 6) is 1.01. The van der Waals surface area contributed by atoms with Gasteiger partial charge in [0.15, 0.2) is 17.2 Å². The highest BCUT2D eigenvalue weighted by molar-refractivity contribution is 7.04. The molecule has 0 amide bonds. The fourth-order valence-electron chi connectivity index (χ4n) is 1.63. The highest BCUT2D eigenvalue weighted by atomic mass is 32.1. The van der Waals surface area contributed by atoms with E-state index in [0.717, 1.165) is 0 Å². The van der Waals surface area contributed by atoms with Gasteiger partial charge in [0.1, 0.15) is 17.5 Å². The van der Waals surface area contributed by atoms with Crippen LogP contribution in [0.1, 0.15) is 26.7 Å². The van der Waals surface area contributed by atoms with Crippen LogP contribution in [0.5, 0.6) is 0 Å². The summed E-state index contributed by atoms with van der Waals surface area (Å²) in [4.78, 5) is 23.2. The first kappa shape index (κ1) is 12.0. The molecular formula is C12H12N4O2S. The lowest BCUT2D eigenvalue weighted by Crippen LogP contribution is -2.12. The Kier molecular flexibility index (Phi) is 2.53. The van der Waals surface area contributed by atoms with Crippen molar-refractivity contribution in [1.82, 2.24) is 19.3 Å². The van der Waals surface area contributed by atoms with Crippen molar-refractivity contribution < 1.29 is 4.42 Å². The van der Waals surface area contributed by atoms with Crippen LogP contribution in [-0.4, -0.2) is 19.3 Å². The number of aromatic nitrogens is 4. The van der Waals surface area contributed by atoms with Crippen molar-refractivity contribution in [2.45, 2.75) is 26.2 Å². The topological polar surface area (TPSA) is 84.7 Å². The van der Waals surface area contributed by atoms with Crippen molar-refractivity contribution in [2.24, 2.45) is 0 Å². The molecule has 0 spiro atoms. The highest BCUT2D eigenvalue weighted by Crippen LogP contribution is 2.24. The van der Waals surface area contributed by atoms with Crippen LogP contribution in [0.4, 0.5) is 0 Å². The largest absolute Gasteiger partial charge is 0.448 e. The van der Waals surface area contributed by atoms with Crippen molar-refractivity contribution in [1.29, 1.82) is 0 Å². The fourth-order valence-corrected chi connectivity index (χ4v) is 2.23. The van der Waals surface area contributed by atoms with E-state index in [0.29, 0.717) is 28.4 Å². The Bertz CT molecular complexity index is 794. The first-order chi connectivity index (χ1) is 8.95. The average Bonchev–Trinajstić information content (AvgIpc) is 2.96. The Morgan fingerprint density at radius 2 is 2.11 bits per heavy atom. The second-order valence-corrected chi connectivity index (χ2v) is 5.88. The lowest BCUT2D eigenvalue weighted by atomic mass is 9.97. The summed E-state index contributed by atoms with van der Waals surface area (Å²) >= 11 is 1.20. The molecule has 3 aromatic heterocycles. The van der Waals surface area contributed by atoms with Gasteiger partial charge in [0, 0.05) is 10.8 Å². The number of rotatable bonds is 1. The van der Waals surface area contributed by atoms with Crippen LogP contribution >= 0.6 is 11.5 Å². The summed E-state index contributed by atoms with van der Waals surface area (Å²) < 4.78 is 9.42. The molecule has 98 valence electrons. The molecule has 19 heavy (non-hydrogen) atoms. The van der Waals surface area contributed by atoms with Gasteiger partial charge in [0.25, 0.3) is 5.56 Å². The van der Waals surface area contributed by atoms with Crippen molar-refractivity contribution >= 4 is 22.6 Å². The SMILES string of the molecule is CC(C)(C)c1nc(-c2nc3csnc3c(=O)[nH]2)co1. The number of fused-ring (bicyclic) bond motifs is 1. The van der Waals surface area contributed by atoms with Gasteiger partial charge in [-0.3, -0.25) is 4.79 Å². The van der Waals surface area contributed by atoms with Crippen LogP contribution in [-0.2, 0) is 5.41 Å². The first-order valence-electron chi connectivity index (χ1n) is 5.76. The lowest BCUT2D eigenvalue weighted by Gasteiger charge is -2.11. The number of hydrogen-bond acceptors (Lipinski definition) is 6. The molecule has 0 aliphatic rings. The average molecular weight is 276 g/mol. The van der Waals surface area contributed by atoms with E-state index >= 15 is 0 Å². The van der Waals surface area contributed by atoms with Gasteiger partial charge < -0.3 is 9.40 Å². The quantitative estimate of drug-likeness (QED) is 0.737. The van der Waals surface area contributed by atoms with Crippen LogP contribution in [0.15, 0.2) is 20.9 Å². The Morgan fingerprint density at radius 1 is 1.32 bits per heavy atom. The van der Waals surface area contributed by atoms with Crippen LogP contribution in [0.2, 0.25) is 0 Å². The molecule has 0 saturated carbocycles. The molecule has 1 N–H and O–H groups in total. The molecule has 0 atom stereocenters. The van der Waals surface area contributed by atoms with Crippen molar-refractivity contribution in [2.75, 3.05) is 0 Å². The second-order valence-electron chi connectivity index (χ2n) is 5.25. The zero-order valence-electron chi connectivity index (χ0n) is 10.7. The molecule has 0 unspecified atom stereocenters. The van der Waals surface area contributed by atoms with E-state index in [2.05, 4.69) is 19.3 Å². The summed E-state index contributed by atoms with van der Waals surface area (Å²) in [6.45, 7) is 6.01. The predicted octanol–water partition coefficient (Wildman–Crippen LogP) is 2.33. The van der Waals surface area contributed by atoms with Gasteiger partial charge in [-0.1, -0.05) is 20.8 Å². The number of H-pyrrole nitrogens is 1. The minimum absolute atomic E-state index is 0.188. The molecule has 7 heteroatoms. The standard InChI is InChI=1S/C12H12N4O2S/c1-12(2,3)11-14-6(4-18-11)9-13-7-5-19-16-8(7)10(17)15-9/h4-5H,1-3H3,(H,13,15,17). The molecule has 0 saturated heterocycles. The molecular weight excluding hydrogens is 264 g/mol. The van der Waals surface area contributed by atoms with E-state index in [1.165, 1.54) is 17.8 Å². The molecule has 0 bridgehead atoms. The smallest absolute Gasteiger partial charge is 0.278 e. The minimum atomic E-state index is -0.262. The van der Waals surface area contributed by atoms with Gasteiger partial charge in [0.05, 0.1) is 0 Å². The first-order valence-corrected chi connectivity index (χ1v) is 6.59. The van der Waals surface area contributed by atoms with E-state index < -0.39 is 0 Å². The Morgan fingerprint density at radius 3 is 2.79 bits per heavy atom. The van der Waals surface area contributed by atoms with Crippen molar-refractivity contribution in [3.05, 3.63) is 27.9 Å². The maximum atomic E-state index is 11.8. The Hall–Kier alpha value is -2.02. The minimum Gasteiger partial charge on any atom is -0.448 e. The molecule has 3 rings (SSSR count). The molecule has 0 fully saturated rings. The molecule has 3 aromatic rings. The van der Waals surface area contributed by atoms with E-state index in [4.69, 9.17) is 4.42 Å². The van der Waals surface area contributed by atoms with E-state index in [-0.39, 0.29) is 11.0 Å². The third-order valence-electron chi connectivity index (χ3n) is 2.62. The molecule has 3 heterocycles. The van der Waals surface area contributed by atoms with E-state index in [1.54, 1.807) is 5.38 Å². The second kappa shape index (κ2) is 3.99. The maximum Gasteiger partial charge on any atom is 0.278 e. The van der Waals surface area contributed by atoms with E-state index in [9.17, 15) is 4.79 Å². The molecule has 6 nitrogen and oxygen atoms in total. The highest BCUT2D eigenvalue weighted by Gasteiger charge is 2.21. The van der Waals surface area contributed by atoms with Gasteiger partial charge in [-0.05, 0) is 11.5 Å². The van der Waals surface area contributed by atoms with Gasteiger partial charge in [-0.25, -0.2) is 9.97 Å². The van der Waals surface area contributed by atoms with Crippen LogP contribution in [0, 0.1) is 0 Å². The van der Waals surface area contributed by atoms with E-state index in [1.807, 2.05) is 20.8 Å². The normalized spacial score (nSPS) is 12.2. The molecule has 0 aliphatic heterocycles. The summed E-state index contributed by atoms with van der Waals surface area (Å²) in [5.41, 5.74) is 1.00. The van der Waals surface area contributed by atoms with Crippen molar-refractivity contribution in [3.63, 3.8) is 0 Å². The molecule has 0 aliphatic carbocycles. The zero-order chi connectivity index (χ0) is 13.6. The Balaban J connectivity index is 2.14. The summed E-state index contributed by atoms with van der Waals surface area (Å²) in [5, 5.41) is 1.73. The molecule has 0 aromatic carbocycles. The number of nitrogens with one attached hydrogen (secondary N) is 1. The monoisotopic (exact) mass is 276 g/mol. The van der Waals surface area contributed by atoms with Gasteiger partial charge >= 0.3 is 0 Å². The number of oxazole rings is 1.